The van der Waals surface area contributed by atoms with Gasteiger partial charge in [-0.05, 0) is 100 Å². The van der Waals surface area contributed by atoms with Gasteiger partial charge in [0.25, 0.3) is 0 Å². The van der Waals surface area contributed by atoms with E-state index >= 15 is 0 Å². The number of carbonyl (C=O) groups excluding carboxylic acids is 7. The number of urea groups is 1. The first kappa shape index (κ1) is 114. The van der Waals surface area contributed by atoms with Crippen molar-refractivity contribution in [3.05, 3.63) is 118 Å². The number of rotatable bonds is 46. The lowest BCUT2D eigenvalue weighted by molar-refractivity contribution is -0.192. The van der Waals surface area contributed by atoms with E-state index in [1.54, 1.807) is 69.3 Å². The summed E-state index contributed by atoms with van der Waals surface area (Å²) in [6.45, 7) is 1.80. The average Bonchev–Trinajstić information content (AvgIpc) is 1.63. The number of alkyl halides is 3. The van der Waals surface area contributed by atoms with E-state index in [4.69, 9.17) is 106 Å². The molecule has 0 saturated carbocycles. The molecule has 2 aromatic carbocycles. The number of benzene rings is 2. The first-order valence-electron chi connectivity index (χ1n) is 42.5. The van der Waals surface area contributed by atoms with Gasteiger partial charge < -0.3 is 117 Å². The Labute approximate surface area is 800 Å². The van der Waals surface area contributed by atoms with Gasteiger partial charge in [0.15, 0.2) is 47.6 Å². The maximum atomic E-state index is 14.1. The molecule has 9 heterocycles. The van der Waals surface area contributed by atoms with E-state index in [1.807, 2.05) is 0 Å². The van der Waals surface area contributed by atoms with Crippen LogP contribution in [0.15, 0.2) is 96.3 Å². The monoisotopic (exact) mass is 2090 g/mol. The van der Waals surface area contributed by atoms with Gasteiger partial charge in [-0.15, -0.1) is 0 Å². The molecule has 67 heteroatoms. The van der Waals surface area contributed by atoms with Crippen molar-refractivity contribution in [2.75, 3.05) is 57.5 Å². The molecule has 6 aromatic rings. The molecule has 18 atom stereocenters. The number of imidazole rings is 2. The van der Waals surface area contributed by atoms with Crippen LogP contribution in [-0.2, 0) is 120 Å². The van der Waals surface area contributed by atoms with Crippen molar-refractivity contribution in [1.29, 1.82) is 10.8 Å². The van der Waals surface area contributed by atoms with E-state index in [1.165, 1.54) is 26.7 Å². The van der Waals surface area contributed by atoms with E-state index in [9.17, 15) is 105 Å². The van der Waals surface area contributed by atoms with Gasteiger partial charge in [0.05, 0.1) is 39.1 Å². The second-order valence-corrected chi connectivity index (χ2v) is 37.7. The van der Waals surface area contributed by atoms with Crippen LogP contribution in [0.2, 0.25) is 0 Å². The molecule has 0 aliphatic carbocycles. The topological polar surface area (TPSA) is 898 Å². The quantitative estimate of drug-likeness (QED) is 0.00248. The van der Waals surface area contributed by atoms with Gasteiger partial charge in [0.2, 0.25) is 18.2 Å². The third kappa shape index (κ3) is 34.9. The van der Waals surface area contributed by atoms with Crippen LogP contribution < -0.4 is 44.2 Å². The van der Waals surface area contributed by atoms with Crippen molar-refractivity contribution >= 4 is 137 Å². The number of aryl methyl sites for hydroxylation is 2. The van der Waals surface area contributed by atoms with Crippen molar-refractivity contribution in [1.82, 2.24) is 70.1 Å². The zero-order valence-electron chi connectivity index (χ0n) is 75.2. The smallest absolute Gasteiger partial charge is 0.475 e. The fraction of sp³-hybridized carbons (Fsp3) is 0.547. The third-order valence-corrected chi connectivity index (χ3v) is 23.8. The van der Waals surface area contributed by atoms with Crippen molar-refractivity contribution in [2.45, 2.75) is 214 Å². The van der Waals surface area contributed by atoms with Crippen molar-refractivity contribution in [2.24, 2.45) is 21.7 Å². The largest absolute Gasteiger partial charge is 0.490 e. The Bertz CT molecular complexity index is 5760. The number of fused-ring (bicyclic) bond motifs is 2. The van der Waals surface area contributed by atoms with E-state index in [0.29, 0.717) is 50.0 Å². The number of aliphatic hydroxyl groups is 2. The number of nitrogens with zero attached hydrogens (tertiary/aromatic N) is 16. The number of carbonyl (C=O) groups is 8. The lowest BCUT2D eigenvalue weighted by Gasteiger charge is -2.32. The number of phosphoric acid groups is 4. The molecular weight excluding hydrogens is 1990 g/mol. The van der Waals surface area contributed by atoms with E-state index < -0.39 is 210 Å². The predicted octanol–water partition coefficient (Wildman–Crippen LogP) is 3.49. The minimum Gasteiger partial charge on any atom is -0.475 e. The standard InChI is InChI=1S/C39H55N13O17P2.C34H47N13O15P2.C2HF3O2/c1-39(2,3)68-38(57)48-24(6-4-5-14-44-29(54)12-9-22-7-10-23(11-8-22)49-50-43)37(56)67-33-27(66-36(32(33)55)52-20-47-31-34(42)45-19-46-35(31)52)18-64-71(61,62)69-25-16-30(51(21-53)15-13-28(40)41)65-26(25)17-63-70(58,59)60;35-20(3-1-2-11-39-25(48)9-6-18-4-7-19(8-5-18)44-45-38)33(50)61-29-23(60-32(28(29)49)47-17-42-27-30(37)40-16-41-31(27)47)15-58-64(55,56)62-21-13-26(46-12-10-24(36)43-34(46)51)59-22(21)14-57-63(52,53)54;3-2(4,5)1(6)7/h7-8,10-11,13,15,19-21,24-27,30,32-33,36,55H,4-6,9,12,14,16-18H2,1-3H3,(H3,40,41)(H,44,54)(H,48,57)(H,61,62)(H2,42,45,46)(H2,58,59,60);4-5,7-8,16-17,20-23,26,28-29,32,49H,1-3,6,9-15,35H2,(H,39,48)(H,55,56)(H2,36,43,51)(H2,37,40,41)(H2,52,53,54);(H,6,7)/b15-13-;;/t24-,25-,26+,27+,30+,32+,33+,36+;20-,21-,22+,23+,26+,28+,29+,32+;/m00./s1. The number of aliphatic hydroxyl groups excluding tert-OH is 2. The lowest BCUT2D eigenvalue weighted by Crippen LogP contribution is -2.53. The second kappa shape index (κ2) is 51.3. The van der Waals surface area contributed by atoms with Gasteiger partial charge in [-0.1, -0.05) is 58.8 Å². The van der Waals surface area contributed by atoms with Crippen LogP contribution in [-0.4, -0.2) is 297 Å². The molecule has 5 fully saturated rings. The van der Waals surface area contributed by atoms with Gasteiger partial charge in [0.1, 0.15) is 114 Å². The number of azide groups is 2. The molecule has 5 aliphatic heterocycles. The number of ether oxygens (including phenoxy) is 7. The molecule has 5 saturated heterocycles. The first-order chi connectivity index (χ1) is 66.8. The van der Waals surface area contributed by atoms with Gasteiger partial charge >= 0.3 is 67.5 Å². The molecule has 778 valence electrons. The van der Waals surface area contributed by atoms with Crippen LogP contribution in [0.25, 0.3) is 43.2 Å². The number of hydrogen-bond acceptors (Lipinski definition) is 40. The fourth-order valence-corrected chi connectivity index (χ4v) is 16.7. The SMILES string of the molecule is CC(C)(C)OC(=O)N[C@@H](CCCCNC(=O)CCc1ccc(N=[N+]=[N-])cc1)C(=O)O[C@H]1[C@@H](O)[C@H](n2cnc3c(N)ncnc32)O[C@@H]1COP(=O)(O)O[C@H]1C[C@H](N(C=O)/C=C\C(=N)N)O[C@@H]1COP(=O)(O)O.O=C(O)C(F)(F)F.[N-]=[N+]=Nc1ccc(CCC(=O)NCCCC[C@H](N)C(=O)O[C@H]2[C@@H](O)[C@H](n3cnc4c(N)ncnc43)O[C@@H]2COP(=O)(O)O[C@H]2C[C@H](N3CCC(=N)NC3=O)O[C@@H]2COP(=O)(O)O)cc1. The Hall–Kier alpha value is -12.0. The number of hydrogen-bond donors (Lipinski definition) is 19. The number of nitrogens with two attached hydrogens (primary N) is 4. The number of amidine groups is 2. The molecule has 5 aliphatic rings. The van der Waals surface area contributed by atoms with Crippen LogP contribution in [0.3, 0.4) is 0 Å². The van der Waals surface area contributed by atoms with Crippen molar-refractivity contribution < 1.29 is 175 Å². The van der Waals surface area contributed by atoms with Gasteiger partial charge in [-0.25, -0.2) is 67.3 Å². The molecule has 0 radical (unpaired) electrons. The fourth-order valence-electron chi connectivity index (χ4n) is 14.1. The van der Waals surface area contributed by atoms with Crippen LogP contribution in [0.5, 0.6) is 0 Å². The molecule has 2 unspecified atom stereocenters. The molecular formula is C75H103F3N26O34P4. The number of phosphoric ester groups is 4. The number of carboxylic acids is 1. The molecule has 0 spiro atoms. The average molecular weight is 2090 g/mol. The van der Waals surface area contributed by atoms with E-state index in [0.717, 1.165) is 41.0 Å². The lowest BCUT2D eigenvalue weighted by atomic mass is 10.1. The number of amides is 6. The number of nitrogen functional groups attached to an aromatic ring is 2. The number of anilines is 2. The summed E-state index contributed by atoms with van der Waals surface area (Å²) in [6, 6.07) is 10.2. The zero-order chi connectivity index (χ0) is 104. The molecule has 6 amide bonds. The minimum absolute atomic E-state index is 0.0150. The highest BCUT2D eigenvalue weighted by Crippen LogP contribution is 2.52. The number of alkyl carbamates (subject to hydrolysis) is 1. The van der Waals surface area contributed by atoms with Crippen LogP contribution >= 0.6 is 31.3 Å². The van der Waals surface area contributed by atoms with E-state index in [2.05, 4.69) is 80.3 Å². The number of esters is 2. The predicted molar refractivity (Wildman–Crippen MR) is 475 cm³/mol. The highest BCUT2D eigenvalue weighted by atomic mass is 31.2. The number of aromatic nitrogens is 8. The van der Waals surface area contributed by atoms with Crippen molar-refractivity contribution in [3.8, 4) is 0 Å². The second-order valence-electron chi connectivity index (χ2n) is 32.4. The minimum atomic E-state index is -5.29. The number of carboxylic acid groups (broad SMARTS) is 1. The summed E-state index contributed by atoms with van der Waals surface area (Å²) in [5, 5.41) is 62.9. The zero-order valence-corrected chi connectivity index (χ0v) is 78.7. The molecule has 142 heavy (non-hydrogen) atoms. The Morgan fingerprint density at radius 3 is 1.56 bits per heavy atom. The molecule has 11 rings (SSSR count). The van der Waals surface area contributed by atoms with Gasteiger partial charge in [0, 0.05) is 79.1 Å². The summed E-state index contributed by atoms with van der Waals surface area (Å²) in [4.78, 5) is 190. The first-order valence-corrected chi connectivity index (χ1v) is 48.6. The highest BCUT2D eigenvalue weighted by molar-refractivity contribution is 7.47. The Morgan fingerprint density at radius 1 is 0.669 bits per heavy atom. The van der Waals surface area contributed by atoms with Crippen LogP contribution in [0.1, 0.15) is 115 Å². The Kier molecular flexibility index (Phi) is 41.0. The maximum Gasteiger partial charge on any atom is 0.490 e. The molecule has 4 aromatic heterocycles. The molecule has 0 bridgehead atoms. The van der Waals surface area contributed by atoms with Gasteiger partial charge in [-0.2, -0.15) is 13.2 Å². The van der Waals surface area contributed by atoms with Gasteiger partial charge in [-0.3, -0.25) is 81.4 Å². The summed E-state index contributed by atoms with van der Waals surface area (Å²) in [5.41, 5.74) is 42.6. The summed E-state index contributed by atoms with van der Waals surface area (Å²) < 4.78 is 155. The summed E-state index contributed by atoms with van der Waals surface area (Å²) in [5.74, 6) is -5.77. The Morgan fingerprint density at radius 2 is 1.12 bits per heavy atom. The third-order valence-electron chi connectivity index (χ3n) is 20.8. The highest BCUT2D eigenvalue weighted by Gasteiger charge is 2.54. The normalized spacial score (nSPS) is 23.1. The number of nitrogens with one attached hydrogen (secondary N) is 6. The summed E-state index contributed by atoms with van der Waals surface area (Å²) in [6.07, 6.45) is -17.8. The Balaban J connectivity index is 0.000000298. The molecule has 23 N–H and O–H groups in total. The maximum absolute atomic E-state index is 14.1. The summed E-state index contributed by atoms with van der Waals surface area (Å²) in [7, 11) is -20.6. The summed E-state index contributed by atoms with van der Waals surface area (Å²) >= 11 is 0. The molecule has 60 nitrogen and oxygen atoms in total. The van der Waals surface area contributed by atoms with Crippen LogP contribution in [0, 0.1) is 10.8 Å². The number of halogens is 3. The number of aliphatic carboxylic acids is 1. The number of unbranched alkanes of at least 4 members (excludes halogenated alkanes) is 2. The van der Waals surface area contributed by atoms with Crippen molar-refractivity contribution in [3.63, 3.8) is 0 Å². The van der Waals surface area contributed by atoms with E-state index in [-0.39, 0.29) is 116 Å². The van der Waals surface area contributed by atoms with Crippen LogP contribution in [0.4, 0.5) is 45.8 Å².